The standard InChI is InChI=1S/C17H21ClN4O/c1-2-11-22(12-7-3-6-10-19)13-16-20-21-17(23-16)14-8-4-5-9-15(14)18/h4-5,8-9H,2-3,6-7,11-13H2,1H3. The first-order chi connectivity index (χ1) is 11.2. The molecule has 1 aromatic heterocycles. The van der Waals surface area contributed by atoms with E-state index in [1.165, 1.54) is 0 Å². The van der Waals surface area contributed by atoms with Gasteiger partial charge in [-0.3, -0.25) is 4.90 Å². The van der Waals surface area contributed by atoms with Gasteiger partial charge in [-0.05, 0) is 44.5 Å². The third-order valence-corrected chi connectivity index (χ3v) is 3.81. The van der Waals surface area contributed by atoms with Gasteiger partial charge in [0.25, 0.3) is 0 Å². The van der Waals surface area contributed by atoms with Crippen molar-refractivity contribution in [2.24, 2.45) is 0 Å². The van der Waals surface area contributed by atoms with Gasteiger partial charge in [-0.25, -0.2) is 0 Å². The summed E-state index contributed by atoms with van der Waals surface area (Å²) in [6, 6.07) is 9.61. The van der Waals surface area contributed by atoms with Gasteiger partial charge >= 0.3 is 0 Å². The number of hydrogen-bond acceptors (Lipinski definition) is 5. The Morgan fingerprint density at radius 2 is 2.04 bits per heavy atom. The van der Waals surface area contributed by atoms with E-state index < -0.39 is 0 Å². The lowest BCUT2D eigenvalue weighted by atomic mass is 10.2. The van der Waals surface area contributed by atoms with E-state index in [0.717, 1.165) is 37.9 Å². The van der Waals surface area contributed by atoms with Gasteiger partial charge in [-0.1, -0.05) is 30.7 Å². The highest BCUT2D eigenvalue weighted by molar-refractivity contribution is 6.33. The second kappa shape index (κ2) is 9.29. The van der Waals surface area contributed by atoms with Gasteiger partial charge in [0.05, 0.1) is 23.2 Å². The molecule has 5 nitrogen and oxygen atoms in total. The molecule has 2 aromatic rings. The maximum Gasteiger partial charge on any atom is 0.249 e. The Morgan fingerprint density at radius 1 is 1.22 bits per heavy atom. The maximum absolute atomic E-state index is 8.60. The van der Waals surface area contributed by atoms with Crippen LogP contribution >= 0.6 is 11.6 Å². The van der Waals surface area contributed by atoms with Crippen LogP contribution in [0.1, 0.15) is 38.5 Å². The van der Waals surface area contributed by atoms with Gasteiger partial charge in [0.15, 0.2) is 0 Å². The number of nitrogens with zero attached hydrogens (tertiary/aromatic N) is 4. The first-order valence-electron chi connectivity index (χ1n) is 7.91. The first kappa shape index (κ1) is 17.5. The largest absolute Gasteiger partial charge is 0.419 e. The minimum absolute atomic E-state index is 0.450. The van der Waals surface area contributed by atoms with E-state index in [2.05, 4.69) is 28.1 Å². The molecule has 0 aliphatic carbocycles. The topological polar surface area (TPSA) is 66.0 Å². The second-order valence-electron chi connectivity index (χ2n) is 5.37. The predicted molar refractivity (Wildman–Crippen MR) is 89.8 cm³/mol. The molecule has 0 saturated heterocycles. The highest BCUT2D eigenvalue weighted by Crippen LogP contribution is 2.26. The lowest BCUT2D eigenvalue weighted by Crippen LogP contribution is -2.25. The summed E-state index contributed by atoms with van der Waals surface area (Å²) >= 11 is 6.16. The molecule has 0 saturated carbocycles. The van der Waals surface area contributed by atoms with Crippen LogP contribution < -0.4 is 0 Å². The highest BCUT2D eigenvalue weighted by atomic mass is 35.5. The average molecular weight is 333 g/mol. The predicted octanol–water partition coefficient (Wildman–Crippen LogP) is 4.30. The summed E-state index contributed by atoms with van der Waals surface area (Å²) < 4.78 is 5.75. The van der Waals surface area contributed by atoms with Gasteiger partial charge in [0.2, 0.25) is 11.8 Å². The number of nitriles is 1. The molecular weight excluding hydrogens is 312 g/mol. The second-order valence-corrected chi connectivity index (χ2v) is 5.78. The van der Waals surface area contributed by atoms with Crippen molar-refractivity contribution in [2.45, 2.75) is 39.2 Å². The first-order valence-corrected chi connectivity index (χ1v) is 8.29. The van der Waals surface area contributed by atoms with E-state index in [1.54, 1.807) is 6.07 Å². The molecule has 0 N–H and O–H groups in total. The molecular formula is C17H21ClN4O. The minimum Gasteiger partial charge on any atom is -0.419 e. The van der Waals surface area contributed by atoms with Gasteiger partial charge in [-0.15, -0.1) is 10.2 Å². The van der Waals surface area contributed by atoms with Crippen molar-refractivity contribution in [3.8, 4) is 17.5 Å². The van der Waals surface area contributed by atoms with Crippen LogP contribution in [0.5, 0.6) is 0 Å². The number of halogens is 1. The zero-order valence-corrected chi connectivity index (χ0v) is 14.1. The molecule has 0 radical (unpaired) electrons. The molecule has 0 atom stereocenters. The summed E-state index contributed by atoms with van der Waals surface area (Å²) in [5.74, 6) is 1.04. The number of benzene rings is 1. The van der Waals surface area contributed by atoms with E-state index in [9.17, 15) is 0 Å². The van der Waals surface area contributed by atoms with Gasteiger partial charge in [-0.2, -0.15) is 5.26 Å². The summed E-state index contributed by atoms with van der Waals surface area (Å²) in [5, 5.41) is 17.4. The van der Waals surface area contributed by atoms with Crippen molar-refractivity contribution in [1.29, 1.82) is 5.26 Å². The van der Waals surface area contributed by atoms with Crippen LogP contribution in [-0.2, 0) is 6.54 Å². The summed E-state index contributed by atoms with van der Waals surface area (Å²) in [4.78, 5) is 2.28. The Balaban J connectivity index is 1.98. The Hall–Kier alpha value is -1.90. The zero-order valence-electron chi connectivity index (χ0n) is 13.3. The van der Waals surface area contributed by atoms with Crippen LogP contribution in [0, 0.1) is 11.3 Å². The lowest BCUT2D eigenvalue weighted by molar-refractivity contribution is 0.236. The van der Waals surface area contributed by atoms with Crippen LogP contribution in [0.3, 0.4) is 0 Å². The van der Waals surface area contributed by atoms with Crippen molar-refractivity contribution < 1.29 is 4.42 Å². The number of unbranched alkanes of at least 4 members (excludes halogenated alkanes) is 2. The van der Waals surface area contributed by atoms with Crippen molar-refractivity contribution >= 4 is 11.6 Å². The Morgan fingerprint density at radius 3 is 2.78 bits per heavy atom. The molecule has 0 unspecified atom stereocenters. The van der Waals surface area contributed by atoms with Gasteiger partial charge in [0, 0.05) is 6.42 Å². The van der Waals surface area contributed by atoms with Crippen LogP contribution in [0.15, 0.2) is 28.7 Å². The van der Waals surface area contributed by atoms with Crippen molar-refractivity contribution in [1.82, 2.24) is 15.1 Å². The smallest absolute Gasteiger partial charge is 0.249 e. The molecule has 6 heteroatoms. The molecule has 0 aliphatic heterocycles. The average Bonchev–Trinajstić information content (AvgIpc) is 3.00. The molecule has 1 heterocycles. The molecule has 0 amide bonds. The molecule has 122 valence electrons. The Labute approximate surface area is 141 Å². The number of aromatic nitrogens is 2. The molecule has 23 heavy (non-hydrogen) atoms. The Bertz CT molecular complexity index is 650. The molecule has 0 fully saturated rings. The van der Waals surface area contributed by atoms with E-state index in [4.69, 9.17) is 21.3 Å². The summed E-state index contributed by atoms with van der Waals surface area (Å²) in [6.45, 7) is 4.67. The molecule has 0 aliphatic rings. The minimum atomic E-state index is 0.450. The highest BCUT2D eigenvalue weighted by Gasteiger charge is 2.14. The van der Waals surface area contributed by atoms with Crippen molar-refractivity contribution in [3.05, 3.63) is 35.2 Å². The third kappa shape index (κ3) is 5.34. The van der Waals surface area contributed by atoms with Crippen LogP contribution in [0.4, 0.5) is 0 Å². The SMILES string of the molecule is CCCN(CCCCC#N)Cc1nnc(-c2ccccc2Cl)o1. The fraction of sp³-hybridized carbons (Fsp3) is 0.471. The molecule has 0 spiro atoms. The van der Waals surface area contributed by atoms with E-state index >= 15 is 0 Å². The zero-order chi connectivity index (χ0) is 16.5. The quantitative estimate of drug-likeness (QED) is 0.640. The van der Waals surface area contributed by atoms with E-state index in [1.807, 2.05) is 18.2 Å². The summed E-state index contributed by atoms with van der Waals surface area (Å²) in [5.41, 5.74) is 0.754. The van der Waals surface area contributed by atoms with Crippen LogP contribution in [0.25, 0.3) is 11.5 Å². The van der Waals surface area contributed by atoms with Crippen LogP contribution in [0.2, 0.25) is 5.02 Å². The third-order valence-electron chi connectivity index (χ3n) is 3.48. The molecule has 0 bridgehead atoms. The maximum atomic E-state index is 8.60. The van der Waals surface area contributed by atoms with Crippen molar-refractivity contribution in [3.63, 3.8) is 0 Å². The normalized spacial score (nSPS) is 10.9. The fourth-order valence-corrected chi connectivity index (χ4v) is 2.59. The van der Waals surface area contributed by atoms with Crippen molar-refractivity contribution in [2.75, 3.05) is 13.1 Å². The number of rotatable bonds is 9. The lowest BCUT2D eigenvalue weighted by Gasteiger charge is -2.19. The van der Waals surface area contributed by atoms with Gasteiger partial charge < -0.3 is 4.42 Å². The molecule has 2 rings (SSSR count). The molecule has 1 aromatic carbocycles. The summed E-state index contributed by atoms with van der Waals surface area (Å²) in [6.07, 6.45) is 3.59. The van der Waals surface area contributed by atoms with Crippen LogP contribution in [-0.4, -0.2) is 28.2 Å². The Kier molecular flexibility index (Phi) is 7.05. The van der Waals surface area contributed by atoms with E-state index in [-0.39, 0.29) is 0 Å². The van der Waals surface area contributed by atoms with Gasteiger partial charge in [0.1, 0.15) is 0 Å². The van der Waals surface area contributed by atoms with E-state index in [0.29, 0.717) is 29.8 Å². The fourth-order valence-electron chi connectivity index (χ4n) is 2.38. The monoisotopic (exact) mass is 332 g/mol. The summed E-state index contributed by atoms with van der Waals surface area (Å²) in [7, 11) is 0. The number of hydrogen-bond donors (Lipinski definition) is 0.